The Morgan fingerprint density at radius 1 is 1.14 bits per heavy atom. The maximum Gasteiger partial charge on any atom is 0.256 e. The molecule has 1 amide bonds. The summed E-state index contributed by atoms with van der Waals surface area (Å²) < 4.78 is 43.1. The van der Waals surface area contributed by atoms with Crippen LogP contribution >= 0.6 is 22.6 Å². The average Bonchev–Trinajstić information content (AvgIpc) is 2.61. The standard InChI is InChI=1S/C20H19F3IN3O2/c21-14-4-3-13(18(17(14)23)25-16-5-2-12(24)8-15(16)22)19(28)27-10-20(29,11-27)9-26-6-1-7-26/h2-5,8,25,29H,1,6-7,9-11H2. The molecule has 2 fully saturated rings. The number of hydrogen-bond acceptors (Lipinski definition) is 4. The van der Waals surface area contributed by atoms with E-state index in [2.05, 4.69) is 10.2 Å². The summed E-state index contributed by atoms with van der Waals surface area (Å²) in [7, 11) is 0. The van der Waals surface area contributed by atoms with Crippen molar-refractivity contribution in [2.24, 2.45) is 0 Å². The topological polar surface area (TPSA) is 55.8 Å². The first-order chi connectivity index (χ1) is 13.8. The third kappa shape index (κ3) is 4.08. The van der Waals surface area contributed by atoms with E-state index in [0.29, 0.717) is 10.1 Å². The number of hydrogen-bond donors (Lipinski definition) is 2. The Hall–Kier alpha value is -1.85. The third-order valence-corrected chi connectivity index (χ3v) is 5.91. The van der Waals surface area contributed by atoms with E-state index >= 15 is 0 Å². The third-order valence-electron chi connectivity index (χ3n) is 5.24. The highest BCUT2D eigenvalue weighted by Crippen LogP contribution is 2.32. The van der Waals surface area contributed by atoms with Gasteiger partial charge < -0.3 is 20.2 Å². The van der Waals surface area contributed by atoms with Crippen molar-refractivity contribution < 1.29 is 23.1 Å². The van der Waals surface area contributed by atoms with Crippen molar-refractivity contribution >= 4 is 39.9 Å². The lowest BCUT2D eigenvalue weighted by Gasteiger charge is -2.50. The Balaban J connectivity index is 1.56. The maximum absolute atomic E-state index is 14.5. The zero-order chi connectivity index (χ0) is 20.8. The summed E-state index contributed by atoms with van der Waals surface area (Å²) in [5.41, 5.74) is -1.60. The van der Waals surface area contributed by atoms with E-state index in [1.807, 2.05) is 22.6 Å². The van der Waals surface area contributed by atoms with Crippen LogP contribution < -0.4 is 5.32 Å². The molecular weight excluding hydrogens is 498 g/mol. The van der Waals surface area contributed by atoms with Gasteiger partial charge in [-0.2, -0.15) is 0 Å². The van der Waals surface area contributed by atoms with Crippen LogP contribution in [0.25, 0.3) is 0 Å². The molecule has 2 aromatic carbocycles. The second-order valence-corrected chi connectivity index (χ2v) is 8.79. The monoisotopic (exact) mass is 517 g/mol. The molecule has 0 atom stereocenters. The first-order valence-corrected chi connectivity index (χ1v) is 10.3. The molecule has 5 nitrogen and oxygen atoms in total. The molecular formula is C20H19F3IN3O2. The summed E-state index contributed by atoms with van der Waals surface area (Å²) in [4.78, 5) is 16.4. The van der Waals surface area contributed by atoms with Gasteiger partial charge in [-0.25, -0.2) is 13.2 Å². The summed E-state index contributed by atoms with van der Waals surface area (Å²) in [6.07, 6.45) is 1.09. The molecule has 0 radical (unpaired) electrons. The predicted molar refractivity (Wildman–Crippen MR) is 111 cm³/mol. The number of nitrogens with zero attached hydrogens (tertiary/aromatic N) is 2. The largest absolute Gasteiger partial charge is 0.385 e. The Bertz CT molecular complexity index is 962. The molecule has 0 bridgehead atoms. The van der Waals surface area contributed by atoms with Crippen molar-refractivity contribution in [3.63, 3.8) is 0 Å². The lowest BCUT2D eigenvalue weighted by atomic mass is 9.91. The first kappa shape index (κ1) is 20.4. The van der Waals surface area contributed by atoms with E-state index in [-0.39, 0.29) is 24.3 Å². The average molecular weight is 517 g/mol. The van der Waals surface area contributed by atoms with Crippen LogP contribution in [0.2, 0.25) is 0 Å². The summed E-state index contributed by atoms with van der Waals surface area (Å²) in [5.74, 6) is -3.60. The van der Waals surface area contributed by atoms with Gasteiger partial charge >= 0.3 is 0 Å². The van der Waals surface area contributed by atoms with Crippen molar-refractivity contribution in [1.82, 2.24) is 9.80 Å². The van der Waals surface area contributed by atoms with Gasteiger partial charge in [0.2, 0.25) is 0 Å². The van der Waals surface area contributed by atoms with Crippen molar-refractivity contribution in [1.29, 1.82) is 0 Å². The molecule has 4 rings (SSSR count). The molecule has 0 saturated carbocycles. The van der Waals surface area contributed by atoms with Crippen LogP contribution in [0.3, 0.4) is 0 Å². The molecule has 29 heavy (non-hydrogen) atoms. The second-order valence-electron chi connectivity index (χ2n) is 7.55. The molecule has 2 saturated heterocycles. The van der Waals surface area contributed by atoms with Gasteiger partial charge in [0, 0.05) is 10.1 Å². The normalized spacial score (nSPS) is 18.2. The Kier molecular flexibility index (Phi) is 5.47. The number of nitrogens with one attached hydrogen (secondary N) is 1. The number of rotatable bonds is 5. The summed E-state index contributed by atoms with van der Waals surface area (Å²) in [6, 6.07) is 6.28. The van der Waals surface area contributed by atoms with Gasteiger partial charge in [-0.1, -0.05) is 0 Å². The van der Waals surface area contributed by atoms with Crippen LogP contribution in [-0.4, -0.2) is 59.1 Å². The zero-order valence-corrected chi connectivity index (χ0v) is 17.5. The fourth-order valence-corrected chi connectivity index (χ4v) is 4.06. The van der Waals surface area contributed by atoms with Gasteiger partial charge in [-0.3, -0.25) is 4.79 Å². The van der Waals surface area contributed by atoms with Crippen LogP contribution in [0.15, 0.2) is 30.3 Å². The highest BCUT2D eigenvalue weighted by molar-refractivity contribution is 14.1. The van der Waals surface area contributed by atoms with Crippen LogP contribution in [0.1, 0.15) is 16.8 Å². The Labute approximate surface area is 179 Å². The second kappa shape index (κ2) is 7.77. The fourth-order valence-electron chi connectivity index (χ4n) is 3.61. The van der Waals surface area contributed by atoms with Crippen LogP contribution in [0, 0.1) is 21.0 Å². The Morgan fingerprint density at radius 2 is 1.86 bits per heavy atom. The minimum absolute atomic E-state index is 0.0677. The molecule has 154 valence electrons. The number of benzene rings is 2. The number of β-amino-alcohol motifs (C(OH)–C–C–N with tert-alkyl or cyclic N) is 1. The summed E-state index contributed by atoms with van der Waals surface area (Å²) in [5, 5.41) is 13.1. The molecule has 2 aliphatic heterocycles. The minimum atomic E-state index is -1.26. The Morgan fingerprint density at radius 3 is 2.48 bits per heavy atom. The lowest BCUT2D eigenvalue weighted by molar-refractivity contribution is -0.105. The van der Waals surface area contributed by atoms with E-state index < -0.39 is 34.6 Å². The molecule has 0 aromatic heterocycles. The molecule has 0 aliphatic carbocycles. The first-order valence-electron chi connectivity index (χ1n) is 9.20. The molecule has 9 heteroatoms. The van der Waals surface area contributed by atoms with E-state index in [9.17, 15) is 23.1 Å². The predicted octanol–water partition coefficient (Wildman–Crippen LogP) is 3.34. The van der Waals surface area contributed by atoms with Crippen molar-refractivity contribution in [3.8, 4) is 0 Å². The number of carbonyl (C=O) groups is 1. The van der Waals surface area contributed by atoms with E-state index in [0.717, 1.165) is 25.6 Å². The molecule has 2 heterocycles. The number of amides is 1. The number of halogens is 4. The van der Waals surface area contributed by atoms with Crippen molar-refractivity contribution in [2.75, 3.05) is 38.0 Å². The van der Waals surface area contributed by atoms with E-state index in [1.165, 1.54) is 23.1 Å². The maximum atomic E-state index is 14.5. The molecule has 2 aromatic rings. The van der Waals surface area contributed by atoms with Crippen molar-refractivity contribution in [3.05, 3.63) is 56.9 Å². The van der Waals surface area contributed by atoms with Gasteiger partial charge in [0.25, 0.3) is 5.91 Å². The van der Waals surface area contributed by atoms with Gasteiger partial charge in [0.15, 0.2) is 11.6 Å². The SMILES string of the molecule is O=C(c1ccc(F)c(F)c1Nc1ccc(I)cc1F)N1CC(O)(CN2CCC2)C1. The minimum Gasteiger partial charge on any atom is -0.385 e. The van der Waals surface area contributed by atoms with Crippen LogP contribution in [0.4, 0.5) is 24.5 Å². The van der Waals surface area contributed by atoms with Gasteiger partial charge in [0.05, 0.1) is 30.0 Å². The number of carbonyl (C=O) groups excluding carboxylic acids is 1. The number of aliphatic hydroxyl groups is 1. The molecule has 2 N–H and O–H groups in total. The van der Waals surface area contributed by atoms with E-state index in [1.54, 1.807) is 6.07 Å². The lowest BCUT2D eigenvalue weighted by Crippen LogP contribution is -2.68. The smallest absolute Gasteiger partial charge is 0.256 e. The highest BCUT2D eigenvalue weighted by Gasteiger charge is 2.46. The molecule has 0 unspecified atom stereocenters. The van der Waals surface area contributed by atoms with Gasteiger partial charge in [-0.15, -0.1) is 0 Å². The molecule has 0 spiro atoms. The van der Waals surface area contributed by atoms with Crippen LogP contribution in [0.5, 0.6) is 0 Å². The van der Waals surface area contributed by atoms with Gasteiger partial charge in [-0.05, 0) is 72.4 Å². The van der Waals surface area contributed by atoms with Crippen LogP contribution in [-0.2, 0) is 0 Å². The van der Waals surface area contributed by atoms with E-state index in [4.69, 9.17) is 0 Å². The zero-order valence-electron chi connectivity index (χ0n) is 15.4. The summed E-state index contributed by atoms with van der Waals surface area (Å²) >= 11 is 1.93. The summed E-state index contributed by atoms with van der Waals surface area (Å²) in [6.45, 7) is 2.55. The number of likely N-dealkylation sites (tertiary alicyclic amines) is 2. The molecule has 2 aliphatic rings. The fraction of sp³-hybridized carbons (Fsp3) is 0.350. The quantitative estimate of drug-likeness (QED) is 0.598. The number of anilines is 2. The van der Waals surface area contributed by atoms with Gasteiger partial charge in [0.1, 0.15) is 11.4 Å². The van der Waals surface area contributed by atoms with Crippen molar-refractivity contribution in [2.45, 2.75) is 12.0 Å². The highest BCUT2D eigenvalue weighted by atomic mass is 127.